The van der Waals surface area contributed by atoms with E-state index in [1.54, 1.807) is 44.5 Å². The molecule has 1 rings (SSSR count). The van der Waals surface area contributed by atoms with E-state index in [-0.39, 0.29) is 12.0 Å². The van der Waals surface area contributed by atoms with Gasteiger partial charge in [0.25, 0.3) is 0 Å². The Labute approximate surface area is 137 Å². The molecule has 0 aliphatic carbocycles. The molecule has 0 spiro atoms. The predicted octanol–water partition coefficient (Wildman–Crippen LogP) is 1.88. The molecule has 0 bridgehead atoms. The van der Waals surface area contributed by atoms with Crippen LogP contribution in [-0.2, 0) is 14.3 Å². The van der Waals surface area contributed by atoms with Gasteiger partial charge in [-0.15, -0.1) is 0 Å². The van der Waals surface area contributed by atoms with Gasteiger partial charge >= 0.3 is 6.09 Å². The fourth-order valence-electron chi connectivity index (χ4n) is 2.28. The Morgan fingerprint density at radius 1 is 1.41 bits per heavy atom. The van der Waals surface area contributed by atoms with Crippen LogP contribution in [0.15, 0.2) is 0 Å². The normalized spacial score (nSPS) is 19.9. The first kappa shape index (κ1) is 19.1. The summed E-state index contributed by atoms with van der Waals surface area (Å²) in [5.41, 5.74) is -0.577. The predicted molar refractivity (Wildman–Crippen MR) is 88.2 cm³/mol. The van der Waals surface area contributed by atoms with Gasteiger partial charge in [-0.1, -0.05) is 0 Å². The van der Waals surface area contributed by atoms with E-state index in [1.165, 1.54) is 0 Å². The zero-order valence-corrected chi connectivity index (χ0v) is 15.0. The number of nitrogens with one attached hydrogen (secondary N) is 1. The molecule has 1 fully saturated rings. The summed E-state index contributed by atoms with van der Waals surface area (Å²) in [5.74, 6) is 0.743. The second-order valence-electron chi connectivity index (χ2n) is 6.41. The Morgan fingerprint density at radius 2 is 2.09 bits per heavy atom. The van der Waals surface area contributed by atoms with Crippen LogP contribution in [0.1, 0.15) is 33.6 Å². The summed E-state index contributed by atoms with van der Waals surface area (Å²) in [6.45, 7) is 6.66. The van der Waals surface area contributed by atoms with Gasteiger partial charge in [0, 0.05) is 20.2 Å². The molecule has 1 saturated heterocycles. The molecule has 1 aliphatic rings. The van der Waals surface area contributed by atoms with E-state index in [0.29, 0.717) is 19.5 Å². The molecular weight excluding hydrogens is 304 g/mol. The number of likely N-dealkylation sites (tertiary alicyclic amines) is 1. The molecule has 1 heterocycles. The summed E-state index contributed by atoms with van der Waals surface area (Å²) >= 11 is 1.65. The Morgan fingerprint density at radius 3 is 2.59 bits per heavy atom. The van der Waals surface area contributed by atoms with Crippen molar-refractivity contribution in [1.82, 2.24) is 10.2 Å². The first-order chi connectivity index (χ1) is 10.3. The lowest BCUT2D eigenvalue weighted by Crippen LogP contribution is -2.49. The molecule has 2 atom stereocenters. The highest BCUT2D eigenvalue weighted by molar-refractivity contribution is 7.98. The first-order valence-electron chi connectivity index (χ1n) is 7.57. The van der Waals surface area contributed by atoms with Gasteiger partial charge < -0.3 is 19.7 Å². The molecule has 128 valence electrons. The van der Waals surface area contributed by atoms with E-state index in [1.807, 2.05) is 6.26 Å². The molecule has 0 aromatic carbocycles. The Balaban J connectivity index is 2.63. The van der Waals surface area contributed by atoms with Crippen molar-refractivity contribution < 1.29 is 19.1 Å². The number of rotatable bonds is 6. The van der Waals surface area contributed by atoms with Crippen molar-refractivity contribution in [2.75, 3.05) is 32.2 Å². The SMILES string of the molecule is COC1CCN(C(=O)C(CCSC)NC(=O)OC(C)(C)C)C1. The van der Waals surface area contributed by atoms with Crippen molar-refractivity contribution in [3.63, 3.8) is 0 Å². The van der Waals surface area contributed by atoms with E-state index in [9.17, 15) is 9.59 Å². The number of nitrogens with zero attached hydrogens (tertiary/aromatic N) is 1. The minimum absolute atomic E-state index is 0.0561. The molecule has 0 saturated carbocycles. The molecule has 0 aromatic heterocycles. The van der Waals surface area contributed by atoms with Crippen molar-refractivity contribution >= 4 is 23.8 Å². The zero-order valence-electron chi connectivity index (χ0n) is 14.2. The lowest BCUT2D eigenvalue weighted by Gasteiger charge is -2.26. The molecule has 22 heavy (non-hydrogen) atoms. The maximum Gasteiger partial charge on any atom is 0.408 e. The van der Waals surface area contributed by atoms with Gasteiger partial charge in [0.2, 0.25) is 5.91 Å². The summed E-state index contributed by atoms with van der Waals surface area (Å²) in [5, 5.41) is 2.71. The first-order valence-corrected chi connectivity index (χ1v) is 8.96. The van der Waals surface area contributed by atoms with E-state index in [4.69, 9.17) is 9.47 Å². The highest BCUT2D eigenvalue weighted by Crippen LogP contribution is 2.15. The van der Waals surface area contributed by atoms with E-state index in [2.05, 4.69) is 5.32 Å². The van der Waals surface area contributed by atoms with Crippen molar-refractivity contribution in [2.45, 2.75) is 51.4 Å². The van der Waals surface area contributed by atoms with Crippen LogP contribution in [0.3, 0.4) is 0 Å². The third-order valence-corrected chi connectivity index (χ3v) is 4.03. The number of thioether (sulfide) groups is 1. The number of alkyl carbamates (subject to hydrolysis) is 1. The molecule has 2 amide bonds. The van der Waals surface area contributed by atoms with E-state index in [0.717, 1.165) is 12.2 Å². The van der Waals surface area contributed by atoms with Crippen molar-refractivity contribution in [1.29, 1.82) is 0 Å². The topological polar surface area (TPSA) is 67.9 Å². The van der Waals surface area contributed by atoms with Crippen LogP contribution < -0.4 is 5.32 Å². The van der Waals surface area contributed by atoms with Gasteiger partial charge in [-0.3, -0.25) is 4.79 Å². The molecule has 1 N–H and O–H groups in total. The van der Waals surface area contributed by atoms with Crippen LogP contribution in [0, 0.1) is 0 Å². The van der Waals surface area contributed by atoms with Crippen LogP contribution in [0.25, 0.3) is 0 Å². The lowest BCUT2D eigenvalue weighted by atomic mass is 10.2. The fourth-order valence-corrected chi connectivity index (χ4v) is 2.76. The van der Waals surface area contributed by atoms with Crippen LogP contribution in [0.4, 0.5) is 4.79 Å². The number of carbonyl (C=O) groups is 2. The Bertz CT molecular complexity index is 384. The number of hydrogen-bond donors (Lipinski definition) is 1. The summed E-state index contributed by atoms with van der Waals surface area (Å²) in [4.78, 5) is 26.3. The highest BCUT2D eigenvalue weighted by Gasteiger charge is 2.32. The second-order valence-corrected chi connectivity index (χ2v) is 7.40. The molecule has 1 aliphatic heterocycles. The largest absolute Gasteiger partial charge is 0.444 e. The van der Waals surface area contributed by atoms with Crippen molar-refractivity contribution in [3.8, 4) is 0 Å². The molecule has 6 nitrogen and oxygen atoms in total. The van der Waals surface area contributed by atoms with Gasteiger partial charge in [0.05, 0.1) is 6.10 Å². The van der Waals surface area contributed by atoms with Crippen LogP contribution in [0.5, 0.6) is 0 Å². The van der Waals surface area contributed by atoms with Crippen LogP contribution >= 0.6 is 11.8 Å². The monoisotopic (exact) mass is 332 g/mol. The number of methoxy groups -OCH3 is 1. The molecule has 0 aromatic rings. The van der Waals surface area contributed by atoms with Crippen LogP contribution in [0.2, 0.25) is 0 Å². The number of amides is 2. The summed E-state index contributed by atoms with van der Waals surface area (Å²) < 4.78 is 10.5. The zero-order chi connectivity index (χ0) is 16.8. The number of carbonyl (C=O) groups excluding carboxylic acids is 2. The van der Waals surface area contributed by atoms with E-state index < -0.39 is 17.7 Å². The average molecular weight is 332 g/mol. The van der Waals surface area contributed by atoms with Gasteiger partial charge in [-0.25, -0.2) is 4.79 Å². The Hall–Kier alpha value is -0.950. The highest BCUT2D eigenvalue weighted by atomic mass is 32.2. The maximum atomic E-state index is 12.6. The molecule has 2 unspecified atom stereocenters. The maximum absolute atomic E-state index is 12.6. The summed E-state index contributed by atoms with van der Waals surface area (Å²) in [6, 6.07) is -0.544. The summed E-state index contributed by atoms with van der Waals surface area (Å²) in [6.07, 6.45) is 2.95. The smallest absolute Gasteiger partial charge is 0.408 e. The van der Waals surface area contributed by atoms with Crippen LogP contribution in [-0.4, -0.2) is 66.9 Å². The molecular formula is C15H28N2O4S. The van der Waals surface area contributed by atoms with E-state index >= 15 is 0 Å². The fraction of sp³-hybridized carbons (Fsp3) is 0.867. The minimum Gasteiger partial charge on any atom is -0.444 e. The second kappa shape index (κ2) is 8.62. The third kappa shape index (κ3) is 6.44. The van der Waals surface area contributed by atoms with Gasteiger partial charge in [-0.05, 0) is 45.6 Å². The standard InChI is InChI=1S/C15H28N2O4S/c1-15(2,3)21-14(19)16-12(7-9-22-5)13(18)17-8-6-11(10-17)20-4/h11-12H,6-10H2,1-5H3,(H,16,19). The van der Waals surface area contributed by atoms with Gasteiger partial charge in [-0.2, -0.15) is 11.8 Å². The van der Waals surface area contributed by atoms with Gasteiger partial charge in [0.1, 0.15) is 11.6 Å². The molecule has 0 radical (unpaired) electrons. The molecule has 7 heteroatoms. The lowest BCUT2D eigenvalue weighted by molar-refractivity contribution is -0.132. The van der Waals surface area contributed by atoms with Gasteiger partial charge in [0.15, 0.2) is 0 Å². The quantitative estimate of drug-likeness (QED) is 0.804. The van der Waals surface area contributed by atoms with Crippen molar-refractivity contribution in [2.24, 2.45) is 0 Å². The number of ether oxygens (including phenoxy) is 2. The minimum atomic E-state index is -0.577. The van der Waals surface area contributed by atoms with Crippen molar-refractivity contribution in [3.05, 3.63) is 0 Å². The third-order valence-electron chi connectivity index (χ3n) is 3.39. The summed E-state index contributed by atoms with van der Waals surface area (Å²) in [7, 11) is 1.66. The number of hydrogen-bond acceptors (Lipinski definition) is 5. The Kier molecular flexibility index (Phi) is 7.48. The average Bonchev–Trinajstić information content (AvgIpc) is 2.89.